The van der Waals surface area contributed by atoms with Gasteiger partial charge in [0.05, 0.1) is 11.6 Å². The third kappa shape index (κ3) is 5.17. The number of amides is 1. The van der Waals surface area contributed by atoms with Crippen LogP contribution in [0.5, 0.6) is 0 Å². The molecule has 0 aliphatic heterocycles. The van der Waals surface area contributed by atoms with E-state index in [1.165, 1.54) is 6.92 Å². The minimum absolute atomic E-state index is 0.0821. The number of ether oxygens (including phenoxy) is 1. The van der Waals surface area contributed by atoms with Crippen LogP contribution < -0.4 is 0 Å². The number of Topliss-reactive ketones (excluding diaryl/α,β-unsaturated/α-hetero) is 1. The minimum atomic E-state index is -1.61. The van der Waals surface area contributed by atoms with Crippen LogP contribution in [0, 0.1) is 5.92 Å². The van der Waals surface area contributed by atoms with Crippen molar-refractivity contribution < 1.29 is 34.1 Å². The second-order valence-corrected chi connectivity index (χ2v) is 5.28. The van der Waals surface area contributed by atoms with Gasteiger partial charge in [0.2, 0.25) is 0 Å². The van der Waals surface area contributed by atoms with Gasteiger partial charge in [-0.2, -0.15) is 0 Å². The van der Waals surface area contributed by atoms with Gasteiger partial charge in [0.15, 0.2) is 5.78 Å². The zero-order chi connectivity index (χ0) is 19.1. The first-order valence-corrected chi connectivity index (χ1v) is 7.32. The van der Waals surface area contributed by atoms with Crippen LogP contribution in [0.1, 0.15) is 19.4 Å². The van der Waals surface area contributed by atoms with Crippen LogP contribution in [-0.4, -0.2) is 46.0 Å². The van der Waals surface area contributed by atoms with Gasteiger partial charge in [-0.3, -0.25) is 14.5 Å². The molecule has 0 saturated carbocycles. The molecule has 1 aromatic rings. The van der Waals surface area contributed by atoms with Crippen molar-refractivity contribution in [3.63, 3.8) is 0 Å². The molecule has 2 N–H and O–H groups in total. The lowest BCUT2D eigenvalue weighted by atomic mass is 9.99. The van der Waals surface area contributed by atoms with Crippen LogP contribution in [-0.2, 0) is 25.7 Å². The van der Waals surface area contributed by atoms with Crippen molar-refractivity contribution in [2.75, 3.05) is 7.05 Å². The Morgan fingerprint density at radius 3 is 2.12 bits per heavy atom. The third-order valence-electron chi connectivity index (χ3n) is 3.44. The molecule has 25 heavy (non-hydrogen) atoms. The highest BCUT2D eigenvalue weighted by Crippen LogP contribution is 2.22. The van der Waals surface area contributed by atoms with Crippen LogP contribution in [0.25, 0.3) is 0 Å². The molecule has 0 aliphatic carbocycles. The zero-order valence-electron chi connectivity index (χ0n) is 14.1. The number of benzene rings is 1. The highest BCUT2D eigenvalue weighted by Gasteiger charge is 2.32. The monoisotopic (exact) mass is 349 g/mol. The zero-order valence-corrected chi connectivity index (χ0v) is 14.1. The van der Waals surface area contributed by atoms with Crippen LogP contribution in [0.3, 0.4) is 0 Å². The average molecular weight is 349 g/mol. The molecule has 0 aromatic heterocycles. The molecule has 1 aromatic carbocycles. The summed E-state index contributed by atoms with van der Waals surface area (Å²) in [7, 11) is 1.16. The van der Waals surface area contributed by atoms with Gasteiger partial charge >= 0.3 is 18.0 Å². The first-order valence-electron chi connectivity index (χ1n) is 7.32. The van der Waals surface area contributed by atoms with Gasteiger partial charge in [-0.25, -0.2) is 9.59 Å². The van der Waals surface area contributed by atoms with E-state index in [1.54, 1.807) is 30.3 Å². The molecule has 0 spiro atoms. The highest BCUT2D eigenvalue weighted by atomic mass is 16.6. The van der Waals surface area contributed by atoms with Crippen molar-refractivity contribution in [2.24, 2.45) is 5.92 Å². The van der Waals surface area contributed by atoms with Crippen molar-refractivity contribution in [3.8, 4) is 0 Å². The van der Waals surface area contributed by atoms with Gasteiger partial charge in [0.1, 0.15) is 12.2 Å². The summed E-state index contributed by atoms with van der Waals surface area (Å²) < 4.78 is 5.07. The Morgan fingerprint density at radius 1 is 1.12 bits per heavy atom. The SMILES string of the molecule is CC(=O)C(C(=O)O)=C(C(C)C(=O)O)N(C)C(=O)OCc1ccccc1. The van der Waals surface area contributed by atoms with E-state index in [-0.39, 0.29) is 6.61 Å². The molecule has 1 atom stereocenters. The van der Waals surface area contributed by atoms with Gasteiger partial charge in [-0.15, -0.1) is 0 Å². The molecule has 1 rings (SSSR count). The Bertz CT molecular complexity index is 693. The Labute approximate surface area is 144 Å². The lowest BCUT2D eigenvalue weighted by Gasteiger charge is -2.24. The first-order chi connectivity index (χ1) is 11.7. The summed E-state index contributed by atoms with van der Waals surface area (Å²) in [5.74, 6) is -5.25. The summed E-state index contributed by atoms with van der Waals surface area (Å²) in [5, 5.41) is 18.4. The van der Waals surface area contributed by atoms with E-state index in [0.29, 0.717) is 5.56 Å². The Kier molecular flexibility index (Phi) is 6.86. The van der Waals surface area contributed by atoms with Gasteiger partial charge in [0.25, 0.3) is 0 Å². The van der Waals surface area contributed by atoms with E-state index in [4.69, 9.17) is 4.74 Å². The maximum absolute atomic E-state index is 12.2. The average Bonchev–Trinajstić information content (AvgIpc) is 2.56. The molecular formula is C17H19NO7. The number of hydrogen-bond acceptors (Lipinski definition) is 5. The topological polar surface area (TPSA) is 121 Å². The van der Waals surface area contributed by atoms with Crippen LogP contribution in [0.4, 0.5) is 4.79 Å². The molecule has 1 amide bonds. The Morgan fingerprint density at radius 2 is 1.68 bits per heavy atom. The maximum Gasteiger partial charge on any atom is 0.414 e. The lowest BCUT2D eigenvalue weighted by molar-refractivity contribution is -0.140. The molecule has 134 valence electrons. The Balaban J connectivity index is 3.14. The molecular weight excluding hydrogens is 330 g/mol. The number of aliphatic carboxylic acids is 2. The van der Waals surface area contributed by atoms with Crippen LogP contribution in [0.2, 0.25) is 0 Å². The number of hydrogen-bond donors (Lipinski definition) is 2. The first kappa shape index (κ1) is 19.9. The van der Waals surface area contributed by atoms with Crippen molar-refractivity contribution in [1.82, 2.24) is 4.90 Å². The van der Waals surface area contributed by atoms with Gasteiger partial charge in [-0.05, 0) is 19.4 Å². The molecule has 0 heterocycles. The van der Waals surface area contributed by atoms with E-state index < -0.39 is 41.0 Å². The van der Waals surface area contributed by atoms with Crippen molar-refractivity contribution in [2.45, 2.75) is 20.5 Å². The molecule has 0 saturated heterocycles. The van der Waals surface area contributed by atoms with Crippen molar-refractivity contribution >= 4 is 23.8 Å². The fraction of sp³-hybridized carbons (Fsp3) is 0.294. The van der Waals surface area contributed by atoms with Crippen LogP contribution in [0.15, 0.2) is 41.6 Å². The van der Waals surface area contributed by atoms with Gasteiger partial charge in [-0.1, -0.05) is 30.3 Å². The predicted molar refractivity (Wildman–Crippen MR) is 86.5 cm³/mol. The largest absolute Gasteiger partial charge is 0.481 e. The van der Waals surface area contributed by atoms with Crippen molar-refractivity contribution in [1.29, 1.82) is 0 Å². The van der Waals surface area contributed by atoms with Gasteiger partial charge < -0.3 is 14.9 Å². The summed E-state index contributed by atoms with van der Waals surface area (Å²) in [6.45, 7) is 2.09. The number of carboxylic acids is 2. The van der Waals surface area contributed by atoms with E-state index in [1.807, 2.05) is 0 Å². The number of carboxylic acid groups (broad SMARTS) is 2. The lowest BCUT2D eigenvalue weighted by Crippen LogP contribution is -2.35. The smallest absolute Gasteiger partial charge is 0.414 e. The number of rotatable bonds is 7. The summed E-state index contributed by atoms with van der Waals surface area (Å²) in [4.78, 5) is 47.2. The molecule has 1 unspecified atom stereocenters. The molecule has 0 aliphatic rings. The van der Waals surface area contributed by atoms with E-state index in [9.17, 15) is 29.4 Å². The highest BCUT2D eigenvalue weighted by molar-refractivity contribution is 6.17. The molecule has 8 nitrogen and oxygen atoms in total. The summed E-state index contributed by atoms with van der Waals surface area (Å²) >= 11 is 0. The van der Waals surface area contributed by atoms with Crippen LogP contribution >= 0.6 is 0 Å². The molecule has 8 heteroatoms. The van der Waals surface area contributed by atoms with E-state index >= 15 is 0 Å². The summed E-state index contributed by atoms with van der Waals surface area (Å²) in [6, 6.07) is 8.75. The van der Waals surface area contributed by atoms with Gasteiger partial charge in [0, 0.05) is 7.05 Å². The standard InChI is InChI=1S/C17H19NO7/c1-10(15(20)21)14(13(11(2)19)16(22)23)18(3)17(24)25-9-12-7-5-4-6-8-12/h4-8,10H,9H2,1-3H3,(H,20,21)(H,22,23). The maximum atomic E-state index is 12.2. The fourth-order valence-corrected chi connectivity index (χ4v) is 2.15. The normalized spacial score (nSPS) is 12.6. The summed E-state index contributed by atoms with van der Waals surface area (Å²) in [5.41, 5.74) is -0.509. The third-order valence-corrected chi connectivity index (χ3v) is 3.44. The number of ketones is 1. The van der Waals surface area contributed by atoms with E-state index in [0.717, 1.165) is 18.9 Å². The van der Waals surface area contributed by atoms with E-state index in [2.05, 4.69) is 0 Å². The number of carbonyl (C=O) groups is 4. The molecule has 0 fully saturated rings. The van der Waals surface area contributed by atoms with Crippen molar-refractivity contribution in [3.05, 3.63) is 47.2 Å². The second-order valence-electron chi connectivity index (χ2n) is 5.28. The number of nitrogens with zero attached hydrogens (tertiary/aromatic N) is 1. The predicted octanol–water partition coefficient (Wildman–Crippen LogP) is 1.90. The quantitative estimate of drug-likeness (QED) is 0.438. The molecule has 0 bridgehead atoms. The minimum Gasteiger partial charge on any atom is -0.481 e. The fourth-order valence-electron chi connectivity index (χ4n) is 2.15. The number of carbonyl (C=O) groups excluding carboxylic acids is 2. The summed E-state index contributed by atoms with van der Waals surface area (Å²) in [6.07, 6.45) is -0.966. The molecule has 0 radical (unpaired) electrons. The second kappa shape index (κ2) is 8.62. The Hall–Kier alpha value is -3.16.